The van der Waals surface area contributed by atoms with Gasteiger partial charge in [0.2, 0.25) is 5.95 Å². The number of ether oxygens (including phenoxy) is 1. The minimum absolute atomic E-state index is 0.191. The van der Waals surface area contributed by atoms with Crippen molar-refractivity contribution >= 4 is 16.9 Å². The third-order valence-corrected chi connectivity index (χ3v) is 3.75. The minimum Gasteiger partial charge on any atom is -0.493 e. The maximum absolute atomic E-state index is 5.68. The summed E-state index contributed by atoms with van der Waals surface area (Å²) in [5.74, 6) is 1.61. The Kier molecular flexibility index (Phi) is 2.92. The van der Waals surface area contributed by atoms with Gasteiger partial charge >= 0.3 is 0 Å². The summed E-state index contributed by atoms with van der Waals surface area (Å²) >= 11 is 0. The standard InChI is InChI=1S/C17H15N3O/c1-3-7-14-12(5-1)11-18-17(19-14)20-15-9-10-21-16-8-4-2-6-13(15)16/h1-8,11,15H,9-10H2,(H,18,19,20). The molecule has 0 amide bonds. The molecule has 0 bridgehead atoms. The predicted molar refractivity (Wildman–Crippen MR) is 82.5 cm³/mol. The molecule has 1 N–H and O–H groups in total. The molecule has 2 heterocycles. The van der Waals surface area contributed by atoms with Crippen molar-refractivity contribution < 1.29 is 4.74 Å². The molecular weight excluding hydrogens is 262 g/mol. The first-order valence-corrected chi connectivity index (χ1v) is 7.10. The molecule has 104 valence electrons. The molecular formula is C17H15N3O. The lowest BCUT2D eigenvalue weighted by atomic mass is 10.0. The van der Waals surface area contributed by atoms with Crippen molar-refractivity contribution in [1.29, 1.82) is 0 Å². The van der Waals surface area contributed by atoms with Gasteiger partial charge in [0, 0.05) is 23.6 Å². The number of anilines is 1. The van der Waals surface area contributed by atoms with Crippen LogP contribution in [0.25, 0.3) is 10.9 Å². The first kappa shape index (κ1) is 12.1. The van der Waals surface area contributed by atoms with Gasteiger partial charge in [0.1, 0.15) is 5.75 Å². The highest BCUT2D eigenvalue weighted by Crippen LogP contribution is 2.33. The van der Waals surface area contributed by atoms with Crippen LogP contribution in [0.3, 0.4) is 0 Å². The zero-order valence-corrected chi connectivity index (χ0v) is 11.5. The molecule has 2 aromatic carbocycles. The van der Waals surface area contributed by atoms with Crippen molar-refractivity contribution in [3.05, 3.63) is 60.3 Å². The lowest BCUT2D eigenvalue weighted by Gasteiger charge is -2.26. The van der Waals surface area contributed by atoms with Gasteiger partial charge in [-0.05, 0) is 12.1 Å². The van der Waals surface area contributed by atoms with E-state index >= 15 is 0 Å². The monoisotopic (exact) mass is 277 g/mol. The Morgan fingerprint density at radius 3 is 2.90 bits per heavy atom. The predicted octanol–water partition coefficient (Wildman–Crippen LogP) is 3.57. The number of hydrogen-bond donors (Lipinski definition) is 1. The lowest BCUT2D eigenvalue weighted by Crippen LogP contribution is -2.21. The maximum atomic E-state index is 5.68. The molecule has 4 rings (SSSR count). The number of fused-ring (bicyclic) bond motifs is 2. The summed E-state index contributed by atoms with van der Waals surface area (Å²) in [6, 6.07) is 16.3. The Hall–Kier alpha value is -2.62. The fourth-order valence-corrected chi connectivity index (χ4v) is 2.69. The summed E-state index contributed by atoms with van der Waals surface area (Å²) in [6.07, 6.45) is 2.77. The number of rotatable bonds is 2. The number of nitrogens with zero attached hydrogens (tertiary/aromatic N) is 2. The van der Waals surface area contributed by atoms with E-state index in [0.717, 1.165) is 23.1 Å². The normalized spacial score (nSPS) is 17.0. The fourth-order valence-electron chi connectivity index (χ4n) is 2.69. The van der Waals surface area contributed by atoms with E-state index in [4.69, 9.17) is 4.74 Å². The second-order valence-corrected chi connectivity index (χ2v) is 5.12. The van der Waals surface area contributed by atoms with Crippen LogP contribution in [0.15, 0.2) is 54.7 Å². The van der Waals surface area contributed by atoms with Gasteiger partial charge in [0.05, 0.1) is 18.2 Å². The molecule has 1 atom stereocenters. The number of benzene rings is 2. The zero-order chi connectivity index (χ0) is 14.1. The summed E-state index contributed by atoms with van der Waals surface area (Å²) in [4.78, 5) is 8.99. The molecule has 0 aliphatic carbocycles. The molecule has 3 aromatic rings. The largest absolute Gasteiger partial charge is 0.493 e. The minimum atomic E-state index is 0.191. The number of para-hydroxylation sites is 2. The smallest absolute Gasteiger partial charge is 0.223 e. The van der Waals surface area contributed by atoms with Crippen LogP contribution in [0.2, 0.25) is 0 Å². The Labute approximate surface area is 122 Å². The average molecular weight is 277 g/mol. The molecule has 4 heteroatoms. The van der Waals surface area contributed by atoms with Crippen LogP contribution < -0.4 is 10.1 Å². The van der Waals surface area contributed by atoms with Crippen LogP contribution in [0.1, 0.15) is 18.0 Å². The van der Waals surface area contributed by atoms with Crippen LogP contribution in [0.5, 0.6) is 5.75 Å². The Morgan fingerprint density at radius 1 is 1.05 bits per heavy atom. The van der Waals surface area contributed by atoms with Crippen molar-refractivity contribution in [2.75, 3.05) is 11.9 Å². The Bertz CT molecular complexity index is 788. The molecule has 0 fully saturated rings. The molecule has 4 nitrogen and oxygen atoms in total. The van der Waals surface area contributed by atoms with Crippen LogP contribution in [-0.4, -0.2) is 16.6 Å². The molecule has 1 aromatic heterocycles. The van der Waals surface area contributed by atoms with Crippen LogP contribution in [-0.2, 0) is 0 Å². The molecule has 0 saturated heterocycles. The second kappa shape index (κ2) is 5.05. The SMILES string of the molecule is c1ccc2c(c1)OCCC2Nc1ncc2ccccc2n1. The number of aromatic nitrogens is 2. The van der Waals surface area contributed by atoms with Crippen molar-refractivity contribution in [3.63, 3.8) is 0 Å². The first-order chi connectivity index (χ1) is 10.4. The van der Waals surface area contributed by atoms with E-state index in [1.807, 2.05) is 48.7 Å². The van der Waals surface area contributed by atoms with E-state index < -0.39 is 0 Å². The van der Waals surface area contributed by atoms with Crippen molar-refractivity contribution in [2.45, 2.75) is 12.5 Å². The van der Waals surface area contributed by atoms with Gasteiger partial charge in [0.15, 0.2) is 0 Å². The van der Waals surface area contributed by atoms with E-state index in [0.29, 0.717) is 12.6 Å². The van der Waals surface area contributed by atoms with E-state index in [-0.39, 0.29) is 6.04 Å². The van der Waals surface area contributed by atoms with Crippen molar-refractivity contribution in [3.8, 4) is 5.75 Å². The quantitative estimate of drug-likeness (QED) is 0.778. The second-order valence-electron chi connectivity index (χ2n) is 5.12. The van der Waals surface area contributed by atoms with Gasteiger partial charge in [-0.1, -0.05) is 36.4 Å². The summed E-state index contributed by atoms with van der Waals surface area (Å²) in [7, 11) is 0. The molecule has 1 aliphatic heterocycles. The molecule has 1 unspecified atom stereocenters. The summed E-state index contributed by atoms with van der Waals surface area (Å²) in [5.41, 5.74) is 2.12. The van der Waals surface area contributed by atoms with Crippen LogP contribution >= 0.6 is 0 Å². The van der Waals surface area contributed by atoms with Gasteiger partial charge in [-0.2, -0.15) is 0 Å². The van der Waals surface area contributed by atoms with E-state index in [2.05, 4.69) is 21.4 Å². The van der Waals surface area contributed by atoms with Gasteiger partial charge in [-0.25, -0.2) is 9.97 Å². The van der Waals surface area contributed by atoms with Crippen molar-refractivity contribution in [2.24, 2.45) is 0 Å². The molecule has 0 spiro atoms. The van der Waals surface area contributed by atoms with E-state index in [1.165, 1.54) is 5.56 Å². The topological polar surface area (TPSA) is 47.0 Å². The zero-order valence-electron chi connectivity index (χ0n) is 11.5. The Balaban J connectivity index is 1.66. The number of nitrogens with one attached hydrogen (secondary N) is 1. The highest BCUT2D eigenvalue weighted by Gasteiger charge is 2.21. The van der Waals surface area contributed by atoms with Gasteiger partial charge < -0.3 is 10.1 Å². The van der Waals surface area contributed by atoms with Gasteiger partial charge in [-0.15, -0.1) is 0 Å². The lowest BCUT2D eigenvalue weighted by molar-refractivity contribution is 0.274. The summed E-state index contributed by atoms with van der Waals surface area (Å²) < 4.78 is 5.68. The third-order valence-electron chi connectivity index (χ3n) is 3.75. The van der Waals surface area contributed by atoms with Gasteiger partial charge in [-0.3, -0.25) is 0 Å². The molecule has 0 radical (unpaired) electrons. The molecule has 0 saturated carbocycles. The third kappa shape index (κ3) is 2.29. The highest BCUT2D eigenvalue weighted by atomic mass is 16.5. The maximum Gasteiger partial charge on any atom is 0.223 e. The van der Waals surface area contributed by atoms with Crippen LogP contribution in [0, 0.1) is 0 Å². The van der Waals surface area contributed by atoms with E-state index in [1.54, 1.807) is 0 Å². The van der Waals surface area contributed by atoms with E-state index in [9.17, 15) is 0 Å². The average Bonchev–Trinajstić information content (AvgIpc) is 2.55. The summed E-state index contributed by atoms with van der Waals surface area (Å²) in [5, 5.41) is 4.48. The fraction of sp³-hybridized carbons (Fsp3) is 0.176. The number of hydrogen-bond acceptors (Lipinski definition) is 4. The molecule has 21 heavy (non-hydrogen) atoms. The molecule has 1 aliphatic rings. The summed E-state index contributed by atoms with van der Waals surface area (Å²) in [6.45, 7) is 0.711. The highest BCUT2D eigenvalue weighted by molar-refractivity contribution is 5.78. The first-order valence-electron chi connectivity index (χ1n) is 7.10. The van der Waals surface area contributed by atoms with Crippen molar-refractivity contribution in [1.82, 2.24) is 9.97 Å². The van der Waals surface area contributed by atoms with Crippen LogP contribution in [0.4, 0.5) is 5.95 Å². The Morgan fingerprint density at radius 2 is 1.90 bits per heavy atom. The van der Waals surface area contributed by atoms with Gasteiger partial charge in [0.25, 0.3) is 0 Å².